The highest BCUT2D eigenvalue weighted by atomic mass is 16.5. The Kier molecular flexibility index (Phi) is 4.79. The highest BCUT2D eigenvalue weighted by Gasteiger charge is 2.06. The topological polar surface area (TPSA) is 53.1 Å². The molecule has 0 saturated carbocycles. The summed E-state index contributed by atoms with van der Waals surface area (Å²) in [6, 6.07) is 8.50. The van der Waals surface area contributed by atoms with Crippen LogP contribution in [0.15, 0.2) is 30.5 Å². The Morgan fingerprint density at radius 2 is 2.15 bits per heavy atom. The molecular formula is C16H23N3O. The molecule has 0 aliphatic carbocycles. The molecule has 2 N–H and O–H groups in total. The quantitative estimate of drug-likeness (QED) is 0.879. The molecule has 0 aliphatic heterocycles. The third-order valence-electron chi connectivity index (χ3n) is 3.57. The number of nitrogens with zero attached hydrogens (tertiary/aromatic N) is 2. The van der Waals surface area contributed by atoms with Crippen molar-refractivity contribution in [1.29, 1.82) is 0 Å². The highest BCUT2D eigenvalue weighted by Crippen LogP contribution is 2.20. The summed E-state index contributed by atoms with van der Waals surface area (Å²) in [5, 5.41) is 4.54. The number of benzene rings is 1. The Balaban J connectivity index is 2.03. The molecule has 0 saturated heterocycles. The maximum atomic E-state index is 5.86. The van der Waals surface area contributed by atoms with Crippen LogP contribution in [0.3, 0.4) is 0 Å². The summed E-state index contributed by atoms with van der Waals surface area (Å²) in [6.45, 7) is 7.36. The van der Waals surface area contributed by atoms with Crippen LogP contribution < -0.4 is 10.5 Å². The maximum absolute atomic E-state index is 5.86. The lowest BCUT2D eigenvalue weighted by molar-refractivity contribution is 0.296. The molecule has 0 radical (unpaired) electrons. The van der Waals surface area contributed by atoms with Crippen molar-refractivity contribution in [3.63, 3.8) is 0 Å². The van der Waals surface area contributed by atoms with Gasteiger partial charge in [0, 0.05) is 18.8 Å². The molecule has 0 bridgehead atoms. The van der Waals surface area contributed by atoms with Crippen molar-refractivity contribution >= 4 is 0 Å². The summed E-state index contributed by atoms with van der Waals surface area (Å²) in [6.07, 6.45) is 3.08. The Labute approximate surface area is 120 Å². The van der Waals surface area contributed by atoms with Gasteiger partial charge in [-0.15, -0.1) is 0 Å². The average Bonchev–Trinajstić information content (AvgIpc) is 2.94. The van der Waals surface area contributed by atoms with E-state index in [1.807, 2.05) is 42.1 Å². The Morgan fingerprint density at radius 1 is 1.35 bits per heavy atom. The first kappa shape index (κ1) is 14.6. The number of hydrogen-bond donors (Lipinski definition) is 1. The van der Waals surface area contributed by atoms with Crippen LogP contribution >= 0.6 is 0 Å². The summed E-state index contributed by atoms with van der Waals surface area (Å²) in [7, 11) is 0. The minimum Gasteiger partial charge on any atom is -0.487 e. The van der Waals surface area contributed by atoms with Gasteiger partial charge < -0.3 is 10.5 Å². The predicted molar refractivity (Wildman–Crippen MR) is 80.6 cm³/mol. The van der Waals surface area contributed by atoms with E-state index in [0.29, 0.717) is 19.2 Å². The minimum atomic E-state index is 0.422. The number of ether oxygens (including phenoxy) is 1. The fourth-order valence-electron chi connectivity index (χ4n) is 1.97. The lowest BCUT2D eigenvalue weighted by Gasteiger charge is -2.10. The van der Waals surface area contributed by atoms with E-state index < -0.39 is 0 Å². The van der Waals surface area contributed by atoms with Crippen molar-refractivity contribution in [3.8, 4) is 5.75 Å². The first-order valence-electron chi connectivity index (χ1n) is 7.10. The van der Waals surface area contributed by atoms with Gasteiger partial charge >= 0.3 is 0 Å². The maximum Gasteiger partial charge on any atom is 0.132 e. The zero-order chi connectivity index (χ0) is 14.5. The van der Waals surface area contributed by atoms with Crippen molar-refractivity contribution in [3.05, 3.63) is 47.3 Å². The normalized spacial score (nSPS) is 12.4. The summed E-state index contributed by atoms with van der Waals surface area (Å²) in [4.78, 5) is 0. The summed E-state index contributed by atoms with van der Waals surface area (Å²) in [5.41, 5.74) is 8.80. The second-order valence-electron chi connectivity index (χ2n) is 5.14. The number of rotatable bonds is 6. The monoisotopic (exact) mass is 273 g/mol. The van der Waals surface area contributed by atoms with Gasteiger partial charge in [-0.05, 0) is 43.5 Å². The molecular weight excluding hydrogens is 250 g/mol. The predicted octanol–water partition coefficient (Wildman–Crippen LogP) is 3.20. The van der Waals surface area contributed by atoms with E-state index in [1.165, 1.54) is 0 Å². The van der Waals surface area contributed by atoms with E-state index in [-0.39, 0.29) is 0 Å². The lowest BCUT2D eigenvalue weighted by atomic mass is 10.1. The van der Waals surface area contributed by atoms with Crippen molar-refractivity contribution < 1.29 is 4.74 Å². The van der Waals surface area contributed by atoms with Crippen LogP contribution in [-0.4, -0.2) is 9.78 Å². The molecule has 1 atom stereocenters. The number of nitrogens with two attached hydrogens (primary N) is 1. The van der Waals surface area contributed by atoms with Crippen molar-refractivity contribution in [2.75, 3.05) is 0 Å². The van der Waals surface area contributed by atoms with E-state index in [9.17, 15) is 0 Å². The second-order valence-corrected chi connectivity index (χ2v) is 5.14. The van der Waals surface area contributed by atoms with Crippen molar-refractivity contribution in [2.45, 2.75) is 46.4 Å². The number of hydrogen-bond acceptors (Lipinski definition) is 3. The molecule has 0 aliphatic rings. The summed E-state index contributed by atoms with van der Waals surface area (Å²) >= 11 is 0. The second kappa shape index (κ2) is 6.57. The third-order valence-corrected chi connectivity index (χ3v) is 3.57. The van der Waals surface area contributed by atoms with Crippen LogP contribution in [0.5, 0.6) is 5.75 Å². The summed E-state index contributed by atoms with van der Waals surface area (Å²) in [5.74, 6) is 0.881. The largest absolute Gasteiger partial charge is 0.487 e. The third kappa shape index (κ3) is 3.39. The van der Waals surface area contributed by atoms with E-state index >= 15 is 0 Å². The van der Waals surface area contributed by atoms with Gasteiger partial charge in [0.2, 0.25) is 0 Å². The van der Waals surface area contributed by atoms with Gasteiger partial charge in [-0.25, -0.2) is 0 Å². The van der Waals surface area contributed by atoms with Gasteiger partial charge in [0.25, 0.3) is 0 Å². The van der Waals surface area contributed by atoms with E-state index in [2.05, 4.69) is 18.9 Å². The minimum absolute atomic E-state index is 0.422. The number of aryl methyl sites for hydroxylation is 1. The molecule has 0 amide bonds. The van der Waals surface area contributed by atoms with E-state index in [1.54, 1.807) is 0 Å². The SMILES string of the molecule is CCC(C)n1ccc(COc2cc(CN)ccc2C)n1. The molecule has 2 rings (SSSR count). The standard InChI is InChI=1S/C16H23N3O/c1-4-13(3)19-8-7-15(18-19)11-20-16-9-14(10-17)6-5-12(16)2/h5-9,13H,4,10-11,17H2,1-3H3. The molecule has 4 nitrogen and oxygen atoms in total. The number of aromatic nitrogens is 2. The smallest absolute Gasteiger partial charge is 0.132 e. The van der Waals surface area contributed by atoms with Crippen LogP contribution in [0.1, 0.15) is 43.1 Å². The first-order chi connectivity index (χ1) is 9.63. The molecule has 1 aromatic carbocycles. The zero-order valence-corrected chi connectivity index (χ0v) is 12.5. The molecule has 1 unspecified atom stereocenters. The van der Waals surface area contributed by atoms with Gasteiger partial charge in [-0.1, -0.05) is 19.1 Å². The first-order valence-corrected chi connectivity index (χ1v) is 7.10. The van der Waals surface area contributed by atoms with Crippen LogP contribution in [-0.2, 0) is 13.2 Å². The van der Waals surface area contributed by atoms with E-state index in [4.69, 9.17) is 10.5 Å². The van der Waals surface area contributed by atoms with Gasteiger partial charge in [-0.2, -0.15) is 5.10 Å². The van der Waals surface area contributed by atoms with Gasteiger partial charge in [0.1, 0.15) is 12.4 Å². The molecule has 2 aromatic rings. The van der Waals surface area contributed by atoms with Gasteiger partial charge in [0.15, 0.2) is 0 Å². The van der Waals surface area contributed by atoms with Crippen molar-refractivity contribution in [2.24, 2.45) is 5.73 Å². The summed E-state index contributed by atoms with van der Waals surface area (Å²) < 4.78 is 7.85. The van der Waals surface area contributed by atoms with Crippen LogP contribution in [0.4, 0.5) is 0 Å². The molecule has 4 heteroatoms. The molecule has 1 heterocycles. The van der Waals surface area contributed by atoms with Crippen LogP contribution in [0.25, 0.3) is 0 Å². The van der Waals surface area contributed by atoms with E-state index in [0.717, 1.165) is 29.0 Å². The van der Waals surface area contributed by atoms with Crippen LogP contribution in [0.2, 0.25) is 0 Å². The molecule has 1 aromatic heterocycles. The molecule has 0 spiro atoms. The molecule has 108 valence electrons. The Bertz CT molecular complexity index is 563. The van der Waals surface area contributed by atoms with Gasteiger partial charge in [0.05, 0.1) is 5.69 Å². The van der Waals surface area contributed by atoms with Crippen molar-refractivity contribution in [1.82, 2.24) is 9.78 Å². The van der Waals surface area contributed by atoms with Gasteiger partial charge in [-0.3, -0.25) is 4.68 Å². The zero-order valence-electron chi connectivity index (χ0n) is 12.5. The fraction of sp³-hybridized carbons (Fsp3) is 0.438. The molecule has 20 heavy (non-hydrogen) atoms. The molecule has 0 fully saturated rings. The average molecular weight is 273 g/mol. The van der Waals surface area contributed by atoms with Crippen LogP contribution in [0, 0.1) is 6.92 Å². The lowest BCUT2D eigenvalue weighted by Crippen LogP contribution is -2.06. The Hall–Kier alpha value is -1.81. The Morgan fingerprint density at radius 3 is 2.85 bits per heavy atom. The fourth-order valence-corrected chi connectivity index (χ4v) is 1.97. The highest BCUT2D eigenvalue weighted by molar-refractivity contribution is 5.36.